The molecule has 0 saturated carbocycles. The van der Waals surface area contributed by atoms with Gasteiger partial charge in [0.25, 0.3) is 0 Å². The normalized spacial score (nSPS) is 16.4. The number of nitrogens with zero attached hydrogens (tertiary/aromatic N) is 2. The van der Waals surface area contributed by atoms with E-state index in [1.54, 1.807) is 12.1 Å². The molecule has 2 aromatic rings. The van der Waals surface area contributed by atoms with Crippen LogP contribution in [0.1, 0.15) is 0 Å². The van der Waals surface area contributed by atoms with Crippen molar-refractivity contribution < 1.29 is 17.2 Å². The molecule has 0 spiro atoms. The average Bonchev–Trinajstić information content (AvgIpc) is 2.55. The molecular weight excluding hydrogens is 358 g/mol. The van der Waals surface area contributed by atoms with Crippen LogP contribution < -0.4 is 4.90 Å². The minimum absolute atomic E-state index is 0.0391. The molecule has 0 radical (unpaired) electrons. The van der Waals surface area contributed by atoms with Gasteiger partial charge in [-0.3, -0.25) is 0 Å². The number of halogens is 3. The van der Waals surface area contributed by atoms with Gasteiger partial charge in [0.05, 0.1) is 5.02 Å². The lowest BCUT2D eigenvalue weighted by Crippen LogP contribution is -2.49. The third-order valence-corrected chi connectivity index (χ3v) is 6.35. The van der Waals surface area contributed by atoms with Gasteiger partial charge in [-0.25, -0.2) is 17.2 Å². The lowest BCUT2D eigenvalue weighted by molar-refractivity contribution is 0.381. The van der Waals surface area contributed by atoms with Crippen LogP contribution in [0.5, 0.6) is 0 Å². The Morgan fingerprint density at radius 3 is 2.04 bits per heavy atom. The summed E-state index contributed by atoms with van der Waals surface area (Å²) in [7, 11) is -3.73. The van der Waals surface area contributed by atoms with Gasteiger partial charge in [0.15, 0.2) is 0 Å². The number of sulfonamides is 1. The lowest BCUT2D eigenvalue weighted by Gasteiger charge is -2.35. The van der Waals surface area contributed by atoms with Crippen molar-refractivity contribution in [3.63, 3.8) is 0 Å². The van der Waals surface area contributed by atoms with Crippen molar-refractivity contribution in [2.24, 2.45) is 0 Å². The Kier molecular flexibility index (Phi) is 4.76. The summed E-state index contributed by atoms with van der Waals surface area (Å²) < 4.78 is 54.3. The smallest absolute Gasteiger partial charge is 0.244 e. The van der Waals surface area contributed by atoms with E-state index in [2.05, 4.69) is 0 Å². The second kappa shape index (κ2) is 6.66. The van der Waals surface area contributed by atoms with Gasteiger partial charge in [-0.15, -0.1) is 0 Å². The van der Waals surface area contributed by atoms with E-state index in [9.17, 15) is 17.2 Å². The van der Waals surface area contributed by atoms with Gasteiger partial charge in [0.2, 0.25) is 10.0 Å². The third-order valence-electron chi connectivity index (χ3n) is 3.95. The highest BCUT2D eigenvalue weighted by Crippen LogP contribution is 2.28. The molecule has 0 bridgehead atoms. The van der Waals surface area contributed by atoms with Crippen molar-refractivity contribution in [1.29, 1.82) is 0 Å². The van der Waals surface area contributed by atoms with E-state index in [4.69, 9.17) is 11.6 Å². The highest BCUT2D eigenvalue weighted by Gasteiger charge is 2.31. The number of hydrogen-bond acceptors (Lipinski definition) is 3. The van der Waals surface area contributed by atoms with E-state index in [1.807, 2.05) is 0 Å². The minimum Gasteiger partial charge on any atom is -0.364 e. The van der Waals surface area contributed by atoms with Crippen molar-refractivity contribution in [3.8, 4) is 0 Å². The van der Waals surface area contributed by atoms with Crippen molar-refractivity contribution in [3.05, 3.63) is 59.1 Å². The Morgan fingerprint density at radius 2 is 1.46 bits per heavy atom. The van der Waals surface area contributed by atoms with Crippen molar-refractivity contribution >= 4 is 27.3 Å². The second-order valence-electron chi connectivity index (χ2n) is 5.39. The van der Waals surface area contributed by atoms with E-state index in [0.717, 1.165) is 0 Å². The molecule has 128 valence electrons. The monoisotopic (exact) mass is 372 g/mol. The number of rotatable bonds is 3. The fourth-order valence-electron chi connectivity index (χ4n) is 2.74. The van der Waals surface area contributed by atoms with Crippen molar-refractivity contribution in [2.75, 3.05) is 31.1 Å². The van der Waals surface area contributed by atoms with Gasteiger partial charge >= 0.3 is 0 Å². The summed E-state index contributed by atoms with van der Waals surface area (Å²) in [5.41, 5.74) is -0.118. The molecule has 8 heteroatoms. The summed E-state index contributed by atoms with van der Waals surface area (Å²) in [6.45, 7) is 0.645. The summed E-state index contributed by atoms with van der Waals surface area (Å²) in [5, 5.41) is 0.153. The van der Waals surface area contributed by atoms with Crippen molar-refractivity contribution in [2.45, 2.75) is 4.90 Å². The Balaban J connectivity index is 1.79. The Morgan fingerprint density at radius 1 is 0.875 bits per heavy atom. The zero-order chi connectivity index (χ0) is 17.3. The Hall–Kier alpha value is -1.70. The maximum absolute atomic E-state index is 13.9. The van der Waals surface area contributed by atoms with E-state index < -0.39 is 21.7 Å². The lowest BCUT2D eigenvalue weighted by atomic mass is 10.2. The van der Waals surface area contributed by atoms with Crippen LogP contribution >= 0.6 is 11.6 Å². The fourth-order valence-corrected chi connectivity index (χ4v) is 4.65. The largest absolute Gasteiger partial charge is 0.364 e. The number of anilines is 1. The first-order valence-electron chi connectivity index (χ1n) is 7.35. The fraction of sp³-hybridized carbons (Fsp3) is 0.250. The van der Waals surface area contributed by atoms with Gasteiger partial charge in [0, 0.05) is 26.2 Å². The minimum atomic E-state index is -3.73. The predicted molar refractivity (Wildman–Crippen MR) is 88.8 cm³/mol. The van der Waals surface area contributed by atoms with Crippen LogP contribution in [0.3, 0.4) is 0 Å². The summed E-state index contributed by atoms with van der Waals surface area (Å²) in [4.78, 5) is 1.56. The van der Waals surface area contributed by atoms with Gasteiger partial charge in [0.1, 0.15) is 22.2 Å². The SMILES string of the molecule is O=S(=O)(c1ccccc1Cl)N1CCN(c2c(F)cccc2F)CC1. The molecule has 1 fully saturated rings. The molecule has 1 saturated heterocycles. The molecule has 0 atom stereocenters. The molecule has 0 amide bonds. The molecule has 0 unspecified atom stereocenters. The van der Waals surface area contributed by atoms with Crippen LogP contribution in [0, 0.1) is 11.6 Å². The zero-order valence-electron chi connectivity index (χ0n) is 12.6. The van der Waals surface area contributed by atoms with Crippen LogP contribution in [0.25, 0.3) is 0 Å². The molecule has 0 N–H and O–H groups in total. The molecule has 24 heavy (non-hydrogen) atoms. The van der Waals surface area contributed by atoms with Gasteiger partial charge in [-0.2, -0.15) is 4.31 Å². The number of piperazine rings is 1. The quantitative estimate of drug-likeness (QED) is 0.831. The van der Waals surface area contributed by atoms with Crippen LogP contribution in [0.2, 0.25) is 5.02 Å². The highest BCUT2D eigenvalue weighted by molar-refractivity contribution is 7.89. The summed E-state index contributed by atoms with van der Waals surface area (Å²) in [5.74, 6) is -1.31. The average molecular weight is 373 g/mol. The number of para-hydroxylation sites is 1. The van der Waals surface area contributed by atoms with Crippen LogP contribution in [0.4, 0.5) is 14.5 Å². The maximum atomic E-state index is 13.9. The van der Waals surface area contributed by atoms with E-state index in [0.29, 0.717) is 0 Å². The molecular formula is C16H15ClF2N2O2S. The second-order valence-corrected chi connectivity index (χ2v) is 7.71. The van der Waals surface area contributed by atoms with Gasteiger partial charge in [-0.1, -0.05) is 29.8 Å². The molecule has 2 aromatic carbocycles. The third kappa shape index (κ3) is 3.11. The molecule has 1 aliphatic heterocycles. The predicted octanol–water partition coefficient (Wildman–Crippen LogP) is 3.13. The van der Waals surface area contributed by atoms with Crippen LogP contribution in [0.15, 0.2) is 47.4 Å². The summed E-state index contributed by atoms with van der Waals surface area (Å²) in [6, 6.07) is 9.88. The molecule has 0 aliphatic carbocycles. The van der Waals surface area contributed by atoms with Gasteiger partial charge < -0.3 is 4.90 Å². The van der Waals surface area contributed by atoms with Crippen molar-refractivity contribution in [1.82, 2.24) is 4.31 Å². The maximum Gasteiger partial charge on any atom is 0.244 e. The number of benzene rings is 2. The molecule has 4 nitrogen and oxygen atoms in total. The van der Waals surface area contributed by atoms with Gasteiger partial charge in [-0.05, 0) is 24.3 Å². The molecule has 1 aliphatic rings. The summed E-state index contributed by atoms with van der Waals surface area (Å²) >= 11 is 5.98. The van der Waals surface area contributed by atoms with Crippen LogP contribution in [-0.2, 0) is 10.0 Å². The van der Waals surface area contributed by atoms with Crippen LogP contribution in [-0.4, -0.2) is 38.9 Å². The standard InChI is InChI=1S/C16H15ClF2N2O2S/c17-12-4-1-2-7-15(12)24(22,23)21-10-8-20(9-11-21)16-13(18)5-3-6-14(16)19/h1-7H,8-11H2. The molecule has 0 aromatic heterocycles. The van der Waals surface area contributed by atoms with E-state index in [-0.39, 0.29) is 41.8 Å². The highest BCUT2D eigenvalue weighted by atomic mass is 35.5. The Labute approximate surface area is 144 Å². The first-order valence-corrected chi connectivity index (χ1v) is 9.16. The first-order chi connectivity index (χ1) is 11.4. The van der Waals surface area contributed by atoms with E-state index in [1.165, 1.54) is 39.5 Å². The van der Waals surface area contributed by atoms with E-state index >= 15 is 0 Å². The topological polar surface area (TPSA) is 40.6 Å². The number of hydrogen-bond donors (Lipinski definition) is 0. The Bertz CT molecular complexity index is 833. The first kappa shape index (κ1) is 17.1. The zero-order valence-corrected chi connectivity index (χ0v) is 14.2. The summed E-state index contributed by atoms with van der Waals surface area (Å²) in [6.07, 6.45) is 0. The molecule has 1 heterocycles. The molecule has 3 rings (SSSR count).